The van der Waals surface area contributed by atoms with Crippen molar-refractivity contribution in [1.29, 1.82) is 0 Å². The van der Waals surface area contributed by atoms with Crippen molar-refractivity contribution in [3.63, 3.8) is 0 Å². The zero-order valence-electron chi connectivity index (χ0n) is 6.86. The summed E-state index contributed by atoms with van der Waals surface area (Å²) in [5.41, 5.74) is 0. The molecule has 0 aliphatic carbocycles. The Morgan fingerprint density at radius 3 is 3.17 bits per heavy atom. The van der Waals surface area contributed by atoms with Crippen LogP contribution in [0.1, 0.15) is 10.8 Å². The average Bonchev–Trinajstić information content (AvgIpc) is 2.74. The zero-order valence-corrected chi connectivity index (χ0v) is 7.68. The largest absolute Gasteiger partial charge is 0.396 e. The van der Waals surface area contributed by atoms with Gasteiger partial charge in [0.2, 0.25) is 0 Å². The minimum absolute atomic E-state index is 0.301. The average molecular weight is 183 g/mol. The highest BCUT2D eigenvalue weighted by Gasteiger charge is 2.27. The van der Waals surface area contributed by atoms with Crippen LogP contribution >= 0.6 is 11.3 Å². The van der Waals surface area contributed by atoms with E-state index >= 15 is 0 Å². The Labute approximate surface area is 76.2 Å². The van der Waals surface area contributed by atoms with Gasteiger partial charge in [-0.15, -0.1) is 11.3 Å². The molecule has 66 valence electrons. The molecule has 1 aliphatic rings. The van der Waals surface area contributed by atoms with Crippen LogP contribution in [0.25, 0.3) is 0 Å². The van der Waals surface area contributed by atoms with Gasteiger partial charge in [-0.25, -0.2) is 0 Å². The number of thiophene rings is 1. The molecular weight excluding hydrogens is 170 g/mol. The van der Waals surface area contributed by atoms with E-state index in [-0.39, 0.29) is 0 Å². The molecule has 1 aromatic rings. The van der Waals surface area contributed by atoms with Crippen LogP contribution in [0.2, 0.25) is 0 Å². The summed E-state index contributed by atoms with van der Waals surface area (Å²) in [6, 6.07) is 4.23. The monoisotopic (exact) mass is 183 g/mol. The highest BCUT2D eigenvalue weighted by molar-refractivity contribution is 7.10. The van der Waals surface area contributed by atoms with Gasteiger partial charge in [0, 0.05) is 36.4 Å². The lowest BCUT2D eigenvalue weighted by molar-refractivity contribution is 0.227. The van der Waals surface area contributed by atoms with Gasteiger partial charge in [0.25, 0.3) is 0 Å². The van der Waals surface area contributed by atoms with Crippen LogP contribution in [0.5, 0.6) is 0 Å². The van der Waals surface area contributed by atoms with Gasteiger partial charge in [-0.2, -0.15) is 0 Å². The van der Waals surface area contributed by atoms with Crippen molar-refractivity contribution in [2.24, 2.45) is 5.92 Å². The predicted octanol–water partition coefficient (Wildman–Crippen LogP) is 1.04. The molecular formula is C9H13NOS. The molecule has 2 N–H and O–H groups in total. The normalized spacial score (nSPS) is 29.4. The van der Waals surface area contributed by atoms with Gasteiger partial charge >= 0.3 is 0 Å². The van der Waals surface area contributed by atoms with E-state index in [0.29, 0.717) is 18.4 Å². The van der Waals surface area contributed by atoms with E-state index in [4.69, 9.17) is 5.11 Å². The first-order chi connectivity index (χ1) is 5.92. The molecule has 2 atom stereocenters. The molecule has 0 saturated carbocycles. The first-order valence-electron chi connectivity index (χ1n) is 4.27. The number of aliphatic hydroxyl groups excluding tert-OH is 1. The summed E-state index contributed by atoms with van der Waals surface area (Å²) in [5.74, 6) is 0.957. The van der Waals surface area contributed by atoms with E-state index in [9.17, 15) is 0 Å². The fourth-order valence-corrected chi connectivity index (χ4v) is 2.68. The lowest BCUT2D eigenvalue weighted by atomic mass is 9.95. The van der Waals surface area contributed by atoms with Gasteiger partial charge in [0.15, 0.2) is 0 Å². The molecule has 2 heterocycles. The molecule has 0 unspecified atom stereocenters. The summed E-state index contributed by atoms with van der Waals surface area (Å²) in [6.07, 6.45) is 0. The van der Waals surface area contributed by atoms with Crippen LogP contribution in [0, 0.1) is 5.92 Å². The summed E-state index contributed by atoms with van der Waals surface area (Å²) in [4.78, 5) is 1.40. The summed E-state index contributed by atoms with van der Waals surface area (Å²) in [5, 5.41) is 14.5. The van der Waals surface area contributed by atoms with Gasteiger partial charge in [0.1, 0.15) is 0 Å². The maximum Gasteiger partial charge on any atom is 0.0478 e. The Hall–Kier alpha value is -0.380. The standard InChI is InChI=1S/C9H13NOS/c11-6-7-4-10-5-8(7)9-2-1-3-12-9/h1-3,7-8,10-11H,4-6H2/t7-,8+/m1/s1. The summed E-state index contributed by atoms with van der Waals surface area (Å²) < 4.78 is 0. The van der Waals surface area contributed by atoms with Gasteiger partial charge in [-0.1, -0.05) is 6.07 Å². The highest BCUT2D eigenvalue weighted by atomic mass is 32.1. The van der Waals surface area contributed by atoms with Crippen LogP contribution in [0.4, 0.5) is 0 Å². The SMILES string of the molecule is OC[C@H]1CNC[C@@H]1c1cccs1. The molecule has 0 aromatic carbocycles. The van der Waals surface area contributed by atoms with Crippen LogP contribution < -0.4 is 5.32 Å². The third-order valence-electron chi connectivity index (χ3n) is 2.48. The van der Waals surface area contributed by atoms with E-state index in [0.717, 1.165) is 13.1 Å². The van der Waals surface area contributed by atoms with Crippen LogP contribution in [0.3, 0.4) is 0 Å². The second-order valence-corrected chi connectivity index (χ2v) is 4.20. The molecule has 2 rings (SSSR count). The quantitative estimate of drug-likeness (QED) is 0.718. The van der Waals surface area contributed by atoms with Crippen LogP contribution in [-0.4, -0.2) is 24.8 Å². The summed E-state index contributed by atoms with van der Waals surface area (Å²) in [7, 11) is 0. The smallest absolute Gasteiger partial charge is 0.0478 e. The molecule has 2 nitrogen and oxygen atoms in total. The van der Waals surface area contributed by atoms with Crippen molar-refractivity contribution in [3.05, 3.63) is 22.4 Å². The van der Waals surface area contributed by atoms with E-state index in [1.807, 2.05) is 0 Å². The maximum absolute atomic E-state index is 9.10. The van der Waals surface area contributed by atoms with Crippen molar-refractivity contribution in [3.8, 4) is 0 Å². The van der Waals surface area contributed by atoms with Crippen LogP contribution in [0.15, 0.2) is 17.5 Å². The molecule has 1 fully saturated rings. The summed E-state index contributed by atoms with van der Waals surface area (Å²) in [6.45, 7) is 2.28. The zero-order chi connectivity index (χ0) is 8.39. The number of hydrogen-bond acceptors (Lipinski definition) is 3. The van der Waals surface area contributed by atoms with Crippen molar-refractivity contribution in [1.82, 2.24) is 5.32 Å². The van der Waals surface area contributed by atoms with Gasteiger partial charge in [-0.3, -0.25) is 0 Å². The molecule has 0 amide bonds. The Bertz CT molecular complexity index is 235. The molecule has 1 aromatic heterocycles. The van der Waals surface area contributed by atoms with Gasteiger partial charge < -0.3 is 10.4 Å². The topological polar surface area (TPSA) is 32.3 Å². The second-order valence-electron chi connectivity index (χ2n) is 3.22. The highest BCUT2D eigenvalue weighted by Crippen LogP contribution is 2.30. The third kappa shape index (κ3) is 1.40. The Kier molecular flexibility index (Phi) is 2.44. The van der Waals surface area contributed by atoms with Gasteiger partial charge in [-0.05, 0) is 11.4 Å². The summed E-state index contributed by atoms with van der Waals surface area (Å²) >= 11 is 1.79. The minimum atomic E-state index is 0.301. The lowest BCUT2D eigenvalue weighted by Gasteiger charge is -2.13. The van der Waals surface area contributed by atoms with Crippen molar-refractivity contribution < 1.29 is 5.11 Å². The lowest BCUT2D eigenvalue weighted by Crippen LogP contribution is -2.14. The molecule has 0 bridgehead atoms. The molecule has 0 spiro atoms. The van der Waals surface area contributed by atoms with Crippen molar-refractivity contribution >= 4 is 11.3 Å². The van der Waals surface area contributed by atoms with Crippen LogP contribution in [-0.2, 0) is 0 Å². The predicted molar refractivity (Wildman–Crippen MR) is 50.5 cm³/mol. The van der Waals surface area contributed by atoms with E-state index in [2.05, 4.69) is 22.8 Å². The first kappa shape index (κ1) is 8.23. The molecule has 1 aliphatic heterocycles. The second kappa shape index (κ2) is 3.56. The number of hydrogen-bond donors (Lipinski definition) is 2. The van der Waals surface area contributed by atoms with E-state index in [1.54, 1.807) is 11.3 Å². The Balaban J connectivity index is 2.13. The number of aliphatic hydroxyl groups is 1. The van der Waals surface area contributed by atoms with Crippen molar-refractivity contribution in [2.75, 3.05) is 19.7 Å². The molecule has 0 radical (unpaired) electrons. The van der Waals surface area contributed by atoms with E-state index < -0.39 is 0 Å². The maximum atomic E-state index is 9.10. The molecule has 1 saturated heterocycles. The number of nitrogens with one attached hydrogen (secondary N) is 1. The number of rotatable bonds is 2. The fraction of sp³-hybridized carbons (Fsp3) is 0.556. The molecule has 3 heteroatoms. The first-order valence-corrected chi connectivity index (χ1v) is 5.14. The fourth-order valence-electron chi connectivity index (χ4n) is 1.76. The Morgan fingerprint density at radius 2 is 2.50 bits per heavy atom. The minimum Gasteiger partial charge on any atom is -0.396 e. The van der Waals surface area contributed by atoms with Crippen molar-refractivity contribution in [2.45, 2.75) is 5.92 Å². The van der Waals surface area contributed by atoms with E-state index in [1.165, 1.54) is 4.88 Å². The molecule has 12 heavy (non-hydrogen) atoms. The van der Waals surface area contributed by atoms with Gasteiger partial charge in [0.05, 0.1) is 0 Å². The third-order valence-corrected chi connectivity index (χ3v) is 3.49. The Morgan fingerprint density at radius 1 is 1.58 bits per heavy atom.